The molecule has 27 heavy (non-hydrogen) atoms. The molecule has 1 fully saturated rings. The number of carbonyl (C=O) groups is 1. The maximum atomic E-state index is 14.5. The number of hydrogen-bond donors (Lipinski definition) is 1. The third kappa shape index (κ3) is 3.18. The molecular weight excluding hydrogens is 356 g/mol. The summed E-state index contributed by atoms with van der Waals surface area (Å²) in [6.45, 7) is 0.683. The maximum Gasteiger partial charge on any atom is 0.407 e. The van der Waals surface area contributed by atoms with Crippen LogP contribution in [0.3, 0.4) is 0 Å². The fourth-order valence-corrected chi connectivity index (χ4v) is 3.31. The van der Waals surface area contributed by atoms with Crippen molar-refractivity contribution in [2.24, 2.45) is 0 Å². The van der Waals surface area contributed by atoms with Crippen molar-refractivity contribution in [3.05, 3.63) is 54.1 Å². The maximum absolute atomic E-state index is 14.5. The Morgan fingerprint density at radius 1 is 1.07 bits per heavy atom. The van der Waals surface area contributed by atoms with Gasteiger partial charge in [0.2, 0.25) is 5.88 Å². The van der Waals surface area contributed by atoms with Crippen LogP contribution < -0.4 is 4.74 Å². The van der Waals surface area contributed by atoms with E-state index in [-0.39, 0.29) is 23.1 Å². The third-order valence-electron chi connectivity index (χ3n) is 4.70. The minimum Gasteiger partial charge on any atom is -0.473 e. The highest BCUT2D eigenvalue weighted by molar-refractivity contribution is 5.86. The number of piperidine rings is 1. The van der Waals surface area contributed by atoms with Gasteiger partial charge in [-0.1, -0.05) is 18.2 Å². The topological polar surface area (TPSA) is 67.6 Å². The van der Waals surface area contributed by atoms with E-state index in [2.05, 4.69) is 5.10 Å². The first-order chi connectivity index (χ1) is 13.0. The van der Waals surface area contributed by atoms with Crippen LogP contribution in [0.25, 0.3) is 16.6 Å². The Bertz CT molecular complexity index is 997. The number of aromatic nitrogens is 2. The SMILES string of the molecule is O=C(O)N1CCC(Oc2nn(-c3ccccc3F)c3cccc(F)c23)CC1. The monoisotopic (exact) mass is 373 g/mol. The lowest BCUT2D eigenvalue weighted by Gasteiger charge is -2.29. The number of ether oxygens (including phenoxy) is 1. The molecule has 4 rings (SSSR count). The van der Waals surface area contributed by atoms with Crippen LogP contribution in [0.15, 0.2) is 42.5 Å². The second-order valence-electron chi connectivity index (χ2n) is 6.39. The Morgan fingerprint density at radius 3 is 2.48 bits per heavy atom. The predicted octanol–water partition coefficient (Wildman–Crippen LogP) is 3.82. The highest BCUT2D eigenvalue weighted by atomic mass is 19.1. The summed E-state index contributed by atoms with van der Waals surface area (Å²) in [5, 5.41) is 13.5. The molecule has 8 heteroatoms. The number of carboxylic acid groups (broad SMARTS) is 1. The number of likely N-dealkylation sites (tertiary alicyclic amines) is 1. The summed E-state index contributed by atoms with van der Waals surface area (Å²) in [6, 6.07) is 10.6. The van der Waals surface area contributed by atoms with Crippen LogP contribution in [-0.4, -0.2) is 45.1 Å². The van der Waals surface area contributed by atoms with E-state index >= 15 is 0 Å². The number of fused-ring (bicyclic) bond motifs is 1. The van der Waals surface area contributed by atoms with Gasteiger partial charge in [-0.2, -0.15) is 0 Å². The van der Waals surface area contributed by atoms with E-state index in [9.17, 15) is 13.6 Å². The van der Waals surface area contributed by atoms with Gasteiger partial charge in [0, 0.05) is 25.9 Å². The van der Waals surface area contributed by atoms with Crippen molar-refractivity contribution < 1.29 is 23.4 Å². The smallest absolute Gasteiger partial charge is 0.407 e. The molecule has 0 aliphatic carbocycles. The van der Waals surface area contributed by atoms with Crippen LogP contribution >= 0.6 is 0 Å². The zero-order valence-corrected chi connectivity index (χ0v) is 14.3. The molecule has 1 aliphatic heterocycles. The Hall–Kier alpha value is -3.16. The molecule has 3 aromatic rings. The minimum atomic E-state index is -0.964. The normalized spacial score (nSPS) is 15.3. The summed E-state index contributed by atoms with van der Waals surface area (Å²) in [5.41, 5.74) is 0.599. The molecule has 140 valence electrons. The summed E-state index contributed by atoms with van der Waals surface area (Å²) < 4.78 is 36.0. The Labute approximate surface area is 153 Å². The number of benzene rings is 2. The van der Waals surface area contributed by atoms with Crippen LogP contribution in [0.5, 0.6) is 5.88 Å². The molecule has 0 saturated carbocycles. The Kier molecular flexibility index (Phi) is 4.39. The summed E-state index contributed by atoms with van der Waals surface area (Å²) >= 11 is 0. The Morgan fingerprint density at radius 2 is 1.78 bits per heavy atom. The molecule has 0 spiro atoms. The van der Waals surface area contributed by atoms with Crippen LogP contribution in [0, 0.1) is 11.6 Å². The van der Waals surface area contributed by atoms with Gasteiger partial charge in [0.05, 0.1) is 10.9 Å². The zero-order valence-electron chi connectivity index (χ0n) is 14.3. The van der Waals surface area contributed by atoms with Crippen molar-refractivity contribution >= 4 is 17.0 Å². The largest absolute Gasteiger partial charge is 0.473 e. The van der Waals surface area contributed by atoms with Crippen LogP contribution in [0.4, 0.5) is 13.6 Å². The second kappa shape index (κ2) is 6.86. The van der Waals surface area contributed by atoms with Crippen molar-refractivity contribution in [2.75, 3.05) is 13.1 Å². The molecule has 1 aliphatic rings. The van der Waals surface area contributed by atoms with Gasteiger partial charge >= 0.3 is 6.09 Å². The van der Waals surface area contributed by atoms with Crippen LogP contribution in [-0.2, 0) is 0 Å². The molecule has 0 bridgehead atoms. The van der Waals surface area contributed by atoms with E-state index in [1.54, 1.807) is 24.3 Å². The zero-order chi connectivity index (χ0) is 19.0. The molecule has 2 aromatic carbocycles. The Balaban J connectivity index is 1.70. The molecule has 1 aromatic heterocycles. The van der Waals surface area contributed by atoms with Crippen molar-refractivity contribution in [3.8, 4) is 11.6 Å². The van der Waals surface area contributed by atoms with E-state index in [4.69, 9.17) is 9.84 Å². The standard InChI is InChI=1S/C19H17F2N3O3/c20-13-4-1-2-6-15(13)24-16-7-3-5-14(21)17(16)18(22-24)27-12-8-10-23(11-9-12)19(25)26/h1-7,12H,8-11H2,(H,25,26). The highest BCUT2D eigenvalue weighted by Crippen LogP contribution is 2.32. The lowest BCUT2D eigenvalue weighted by atomic mass is 10.1. The van der Waals surface area contributed by atoms with Gasteiger partial charge in [-0.05, 0) is 24.3 Å². The van der Waals surface area contributed by atoms with Crippen LogP contribution in [0.1, 0.15) is 12.8 Å². The average Bonchev–Trinajstić information content (AvgIpc) is 3.02. The summed E-state index contributed by atoms with van der Waals surface area (Å²) in [6.07, 6.45) is -0.287. The summed E-state index contributed by atoms with van der Waals surface area (Å²) in [7, 11) is 0. The fraction of sp³-hybridized carbons (Fsp3) is 0.263. The summed E-state index contributed by atoms with van der Waals surface area (Å²) in [5.74, 6) is -0.902. The fourth-order valence-electron chi connectivity index (χ4n) is 3.31. The molecular formula is C19H17F2N3O3. The van der Waals surface area contributed by atoms with Gasteiger partial charge in [0.15, 0.2) is 0 Å². The molecule has 1 N–H and O–H groups in total. The highest BCUT2D eigenvalue weighted by Gasteiger charge is 2.26. The van der Waals surface area contributed by atoms with Gasteiger partial charge in [0.1, 0.15) is 23.4 Å². The molecule has 1 amide bonds. The van der Waals surface area contributed by atoms with E-state index < -0.39 is 17.7 Å². The number of rotatable bonds is 3. The number of amides is 1. The van der Waals surface area contributed by atoms with Gasteiger partial charge in [-0.15, -0.1) is 5.10 Å². The molecule has 2 heterocycles. The quantitative estimate of drug-likeness (QED) is 0.758. The van der Waals surface area contributed by atoms with Crippen LogP contribution in [0.2, 0.25) is 0 Å². The van der Waals surface area contributed by atoms with E-state index in [0.717, 1.165) is 0 Å². The van der Waals surface area contributed by atoms with Gasteiger partial charge in [-0.3, -0.25) is 0 Å². The van der Waals surface area contributed by atoms with E-state index in [1.807, 2.05) is 0 Å². The van der Waals surface area contributed by atoms with E-state index in [1.165, 1.54) is 27.8 Å². The molecule has 0 unspecified atom stereocenters. The van der Waals surface area contributed by atoms with Gasteiger partial charge < -0.3 is 14.7 Å². The van der Waals surface area contributed by atoms with Crippen molar-refractivity contribution in [1.29, 1.82) is 0 Å². The van der Waals surface area contributed by atoms with Gasteiger partial charge in [0.25, 0.3) is 0 Å². The first kappa shape index (κ1) is 17.3. The average molecular weight is 373 g/mol. The van der Waals surface area contributed by atoms with Crippen molar-refractivity contribution in [3.63, 3.8) is 0 Å². The van der Waals surface area contributed by atoms with E-state index in [0.29, 0.717) is 31.4 Å². The predicted molar refractivity (Wildman–Crippen MR) is 94.2 cm³/mol. The lowest BCUT2D eigenvalue weighted by molar-refractivity contribution is 0.0875. The van der Waals surface area contributed by atoms with Crippen molar-refractivity contribution in [1.82, 2.24) is 14.7 Å². The molecule has 6 nitrogen and oxygen atoms in total. The first-order valence-electron chi connectivity index (χ1n) is 8.61. The number of hydrogen-bond acceptors (Lipinski definition) is 3. The number of halogens is 2. The lowest BCUT2D eigenvalue weighted by Crippen LogP contribution is -2.41. The first-order valence-corrected chi connectivity index (χ1v) is 8.61. The number of nitrogens with zero attached hydrogens (tertiary/aromatic N) is 3. The second-order valence-corrected chi connectivity index (χ2v) is 6.39. The molecule has 0 radical (unpaired) electrons. The van der Waals surface area contributed by atoms with Gasteiger partial charge in [-0.25, -0.2) is 18.3 Å². The van der Waals surface area contributed by atoms with Crippen molar-refractivity contribution in [2.45, 2.75) is 18.9 Å². The third-order valence-corrected chi connectivity index (χ3v) is 4.70. The molecule has 0 atom stereocenters. The number of para-hydroxylation sites is 1. The minimum absolute atomic E-state index is 0.0835. The molecule has 1 saturated heterocycles. The summed E-state index contributed by atoms with van der Waals surface area (Å²) in [4.78, 5) is 12.3.